The molecular formula is C22H31NO2. The summed E-state index contributed by atoms with van der Waals surface area (Å²) in [7, 11) is 1.99. The molecule has 0 aliphatic rings. The third-order valence-corrected chi connectivity index (χ3v) is 4.10. The molecule has 136 valence electrons. The van der Waals surface area contributed by atoms with Gasteiger partial charge in [-0.25, -0.2) is 0 Å². The fraction of sp³-hybridized carbons (Fsp3) is 0.455. The number of nitrogens with one attached hydrogen (secondary N) is 1. The van der Waals surface area contributed by atoms with Gasteiger partial charge in [0.1, 0.15) is 5.75 Å². The standard InChI is InChI=1S/C22H31NO2/c1-23-15-9-13-20-12-8-14-22(18-20)25-17-7-3-6-16-24-19-21-10-4-2-5-11-21/h2,4-5,8,10-12,14,18,23H,3,6-7,9,13,15-17,19H2,1H3. The van der Waals surface area contributed by atoms with E-state index in [1.54, 1.807) is 0 Å². The smallest absolute Gasteiger partial charge is 0.119 e. The average molecular weight is 341 g/mol. The van der Waals surface area contributed by atoms with Crippen LogP contribution < -0.4 is 10.1 Å². The third-order valence-electron chi connectivity index (χ3n) is 4.10. The van der Waals surface area contributed by atoms with Crippen molar-refractivity contribution in [3.63, 3.8) is 0 Å². The molecule has 0 aromatic heterocycles. The SMILES string of the molecule is CNCCCc1cccc(OCCCCCOCc2ccccc2)c1. The molecule has 2 aromatic rings. The van der Waals surface area contributed by atoms with Crippen molar-refractivity contribution in [2.75, 3.05) is 26.8 Å². The molecule has 0 spiro atoms. The fourth-order valence-electron chi connectivity index (χ4n) is 2.70. The van der Waals surface area contributed by atoms with Crippen molar-refractivity contribution in [2.24, 2.45) is 0 Å². The first-order chi connectivity index (χ1) is 12.4. The molecular weight excluding hydrogens is 310 g/mol. The van der Waals surface area contributed by atoms with E-state index in [-0.39, 0.29) is 0 Å². The molecule has 0 unspecified atom stereocenters. The van der Waals surface area contributed by atoms with Crippen molar-refractivity contribution in [3.05, 3.63) is 65.7 Å². The highest BCUT2D eigenvalue weighted by Gasteiger charge is 1.98. The van der Waals surface area contributed by atoms with Gasteiger partial charge in [-0.1, -0.05) is 42.5 Å². The zero-order valence-corrected chi connectivity index (χ0v) is 15.4. The van der Waals surface area contributed by atoms with Crippen LogP contribution in [0.25, 0.3) is 0 Å². The first kappa shape index (κ1) is 19.5. The molecule has 3 nitrogen and oxygen atoms in total. The van der Waals surface area contributed by atoms with Gasteiger partial charge in [0.05, 0.1) is 13.2 Å². The number of rotatable bonds is 13. The molecule has 0 bridgehead atoms. The van der Waals surface area contributed by atoms with Gasteiger partial charge in [-0.3, -0.25) is 0 Å². The third kappa shape index (κ3) is 8.71. The van der Waals surface area contributed by atoms with Crippen molar-refractivity contribution in [1.29, 1.82) is 0 Å². The van der Waals surface area contributed by atoms with Crippen LogP contribution in [0, 0.1) is 0 Å². The summed E-state index contributed by atoms with van der Waals surface area (Å²) in [6, 6.07) is 18.8. The van der Waals surface area contributed by atoms with Gasteiger partial charge in [-0.15, -0.1) is 0 Å². The highest BCUT2D eigenvalue weighted by molar-refractivity contribution is 5.28. The van der Waals surface area contributed by atoms with Crippen molar-refractivity contribution in [1.82, 2.24) is 5.32 Å². The Kier molecular flexibility index (Phi) is 9.75. The molecule has 3 heteroatoms. The predicted molar refractivity (Wildman–Crippen MR) is 104 cm³/mol. The Bertz CT molecular complexity index is 571. The lowest BCUT2D eigenvalue weighted by Crippen LogP contribution is -2.08. The summed E-state index contributed by atoms with van der Waals surface area (Å²) in [5, 5.41) is 3.18. The molecule has 25 heavy (non-hydrogen) atoms. The molecule has 1 N–H and O–H groups in total. The van der Waals surface area contributed by atoms with Crippen LogP contribution in [0.5, 0.6) is 5.75 Å². The van der Waals surface area contributed by atoms with E-state index >= 15 is 0 Å². The summed E-state index contributed by atoms with van der Waals surface area (Å²) in [6.07, 6.45) is 5.54. The van der Waals surface area contributed by atoms with Gasteiger partial charge in [0.2, 0.25) is 0 Å². The highest BCUT2D eigenvalue weighted by Crippen LogP contribution is 2.15. The van der Waals surface area contributed by atoms with E-state index in [0.29, 0.717) is 6.61 Å². The summed E-state index contributed by atoms with van der Waals surface area (Å²) in [5.74, 6) is 0.988. The molecule has 0 atom stereocenters. The maximum absolute atomic E-state index is 5.87. The van der Waals surface area contributed by atoms with Gasteiger partial charge in [-0.05, 0) is 69.0 Å². The quantitative estimate of drug-likeness (QED) is 0.540. The minimum atomic E-state index is 0.706. The van der Waals surface area contributed by atoms with Crippen LogP contribution in [0.15, 0.2) is 54.6 Å². The Morgan fingerprint density at radius 2 is 1.60 bits per heavy atom. The first-order valence-electron chi connectivity index (χ1n) is 9.36. The van der Waals surface area contributed by atoms with E-state index in [4.69, 9.17) is 9.47 Å². The molecule has 2 aromatic carbocycles. The summed E-state index contributed by atoms with van der Waals surface area (Å²) >= 11 is 0. The predicted octanol–water partition coefficient (Wildman–Crippen LogP) is 4.60. The van der Waals surface area contributed by atoms with Crippen molar-refractivity contribution in [2.45, 2.75) is 38.7 Å². The Morgan fingerprint density at radius 3 is 2.44 bits per heavy atom. The maximum atomic E-state index is 5.87. The topological polar surface area (TPSA) is 30.5 Å². The molecule has 0 amide bonds. The normalized spacial score (nSPS) is 10.8. The number of benzene rings is 2. The number of hydrogen-bond donors (Lipinski definition) is 1. The number of hydrogen-bond acceptors (Lipinski definition) is 3. The van der Waals surface area contributed by atoms with Crippen LogP contribution in [-0.4, -0.2) is 26.8 Å². The van der Waals surface area contributed by atoms with E-state index in [0.717, 1.165) is 57.6 Å². The minimum absolute atomic E-state index is 0.706. The van der Waals surface area contributed by atoms with Crippen LogP contribution in [0.3, 0.4) is 0 Å². The van der Waals surface area contributed by atoms with Gasteiger partial charge in [0, 0.05) is 6.61 Å². The van der Waals surface area contributed by atoms with Crippen LogP contribution >= 0.6 is 0 Å². The maximum Gasteiger partial charge on any atom is 0.119 e. The van der Waals surface area contributed by atoms with E-state index < -0.39 is 0 Å². The molecule has 2 rings (SSSR count). The first-order valence-corrected chi connectivity index (χ1v) is 9.36. The van der Waals surface area contributed by atoms with E-state index in [1.807, 2.05) is 31.3 Å². The Morgan fingerprint density at radius 1 is 0.800 bits per heavy atom. The van der Waals surface area contributed by atoms with Gasteiger partial charge in [-0.2, -0.15) is 0 Å². The number of aryl methyl sites for hydroxylation is 1. The summed E-state index contributed by atoms with van der Waals surface area (Å²) in [5.41, 5.74) is 2.59. The van der Waals surface area contributed by atoms with Gasteiger partial charge in [0.25, 0.3) is 0 Å². The Labute approximate surface area is 152 Å². The highest BCUT2D eigenvalue weighted by atomic mass is 16.5. The lowest BCUT2D eigenvalue weighted by atomic mass is 10.1. The van der Waals surface area contributed by atoms with Gasteiger partial charge in [0.15, 0.2) is 0 Å². The van der Waals surface area contributed by atoms with Crippen molar-refractivity contribution >= 4 is 0 Å². The minimum Gasteiger partial charge on any atom is -0.494 e. The van der Waals surface area contributed by atoms with Gasteiger partial charge >= 0.3 is 0 Å². The van der Waals surface area contributed by atoms with Gasteiger partial charge < -0.3 is 14.8 Å². The van der Waals surface area contributed by atoms with Crippen molar-refractivity contribution < 1.29 is 9.47 Å². The summed E-state index contributed by atoms with van der Waals surface area (Å²) in [4.78, 5) is 0. The Hall–Kier alpha value is -1.84. The van der Waals surface area contributed by atoms with E-state index in [2.05, 4.69) is 35.6 Å². The number of ether oxygens (including phenoxy) is 2. The second-order valence-corrected chi connectivity index (χ2v) is 6.30. The second-order valence-electron chi connectivity index (χ2n) is 6.30. The largest absolute Gasteiger partial charge is 0.494 e. The van der Waals surface area contributed by atoms with E-state index in [1.165, 1.54) is 11.1 Å². The molecule has 0 aliphatic heterocycles. The molecule has 0 aliphatic carbocycles. The molecule has 0 radical (unpaired) electrons. The second kappa shape index (κ2) is 12.5. The van der Waals surface area contributed by atoms with Crippen molar-refractivity contribution in [3.8, 4) is 5.75 Å². The molecule has 0 fully saturated rings. The molecule has 0 heterocycles. The molecule has 0 saturated heterocycles. The summed E-state index contributed by atoms with van der Waals surface area (Å²) < 4.78 is 11.6. The van der Waals surface area contributed by atoms with E-state index in [9.17, 15) is 0 Å². The average Bonchev–Trinajstić information content (AvgIpc) is 2.65. The lowest BCUT2D eigenvalue weighted by Gasteiger charge is -2.08. The fourth-order valence-corrected chi connectivity index (χ4v) is 2.70. The lowest BCUT2D eigenvalue weighted by molar-refractivity contribution is 0.116. The monoisotopic (exact) mass is 341 g/mol. The van der Waals surface area contributed by atoms with Crippen LogP contribution in [-0.2, 0) is 17.8 Å². The zero-order valence-electron chi connectivity index (χ0n) is 15.4. The summed E-state index contributed by atoms with van der Waals surface area (Å²) in [6.45, 7) is 3.35. The van der Waals surface area contributed by atoms with Crippen LogP contribution in [0.1, 0.15) is 36.8 Å². The number of unbranched alkanes of at least 4 members (excludes halogenated alkanes) is 2. The molecule has 0 saturated carbocycles. The van der Waals surface area contributed by atoms with Crippen LogP contribution in [0.4, 0.5) is 0 Å². The zero-order chi connectivity index (χ0) is 17.6. The van der Waals surface area contributed by atoms with Crippen LogP contribution in [0.2, 0.25) is 0 Å². The Balaban J connectivity index is 1.50.